The van der Waals surface area contributed by atoms with Crippen LogP contribution in [-0.4, -0.2) is 29.8 Å². The van der Waals surface area contributed by atoms with E-state index in [9.17, 15) is 18.6 Å². The molecule has 33 heavy (non-hydrogen) atoms. The van der Waals surface area contributed by atoms with E-state index in [-0.39, 0.29) is 28.8 Å². The lowest BCUT2D eigenvalue weighted by atomic mass is 10.0. The maximum atomic E-state index is 14.9. The Morgan fingerprint density at radius 2 is 1.73 bits per heavy atom. The third-order valence-electron chi connectivity index (χ3n) is 4.82. The lowest BCUT2D eigenvalue weighted by Crippen LogP contribution is -2.16. The van der Waals surface area contributed by atoms with Gasteiger partial charge in [0.15, 0.2) is 5.43 Å². The first-order valence-corrected chi connectivity index (χ1v) is 12.1. The fraction of sp³-hybridized carbons (Fsp3) is 0.348. The van der Waals surface area contributed by atoms with E-state index < -0.39 is 25.8 Å². The van der Waals surface area contributed by atoms with Crippen LogP contribution in [0.15, 0.2) is 47.4 Å². The Kier molecular flexibility index (Phi) is 8.26. The first kappa shape index (κ1) is 24.9. The predicted molar refractivity (Wildman–Crippen MR) is 123 cm³/mol. The van der Waals surface area contributed by atoms with Gasteiger partial charge in [0.25, 0.3) is 0 Å². The minimum Gasteiger partial charge on any atom is -0.497 e. The average molecular weight is 479 g/mol. The van der Waals surface area contributed by atoms with E-state index in [1.54, 1.807) is 31.2 Å². The quantitative estimate of drug-likeness (QED) is 0.382. The Hall–Kier alpha value is -2.71. The molecular weight excluding hydrogens is 452 g/mol. The summed E-state index contributed by atoms with van der Waals surface area (Å²) < 4.78 is 49.4. The van der Waals surface area contributed by atoms with Gasteiger partial charge in [0.2, 0.25) is 0 Å². The Bertz CT molecular complexity index is 1210. The second-order valence-electron chi connectivity index (χ2n) is 7.25. The molecule has 0 aliphatic heterocycles. The SMILES string of the molecule is CCCOc1ccc(F)c2c(=O)c(-c3ccc(OC)cc3)cn(COP(=O)(O)OCCC)c12. The fourth-order valence-electron chi connectivity index (χ4n) is 3.25. The van der Waals surface area contributed by atoms with Crippen LogP contribution in [-0.2, 0) is 20.3 Å². The van der Waals surface area contributed by atoms with E-state index in [1.165, 1.54) is 30.0 Å². The van der Waals surface area contributed by atoms with E-state index in [0.717, 1.165) is 0 Å². The summed E-state index contributed by atoms with van der Waals surface area (Å²) in [4.78, 5) is 23.3. The third-order valence-corrected chi connectivity index (χ3v) is 5.77. The number of nitrogens with zero attached hydrogens (tertiary/aromatic N) is 1. The molecule has 178 valence electrons. The van der Waals surface area contributed by atoms with Gasteiger partial charge in [-0.25, -0.2) is 8.96 Å². The van der Waals surface area contributed by atoms with Gasteiger partial charge in [0, 0.05) is 11.8 Å². The highest BCUT2D eigenvalue weighted by molar-refractivity contribution is 7.47. The summed E-state index contributed by atoms with van der Waals surface area (Å²) in [6.45, 7) is 3.61. The standard InChI is InChI=1S/C23H27FNO7P/c1-4-12-30-20-11-10-19(24)21-22(20)25(15-32-33(27,28)31-13-5-2)14-18(23(21)26)16-6-8-17(29-3)9-7-16/h6-11,14H,4-5,12-13,15H2,1-3H3,(H,27,28). The number of phosphoric acid groups is 1. The number of benzene rings is 2. The van der Waals surface area contributed by atoms with Crippen molar-refractivity contribution in [3.63, 3.8) is 0 Å². The molecule has 0 amide bonds. The molecule has 0 bridgehead atoms. The molecule has 2 aromatic carbocycles. The molecule has 0 saturated carbocycles. The number of aromatic nitrogens is 1. The molecule has 0 aliphatic rings. The number of hydrogen-bond donors (Lipinski definition) is 1. The normalized spacial score (nSPS) is 13.1. The zero-order chi connectivity index (χ0) is 24.0. The molecule has 10 heteroatoms. The van der Waals surface area contributed by atoms with Crippen molar-refractivity contribution in [3.05, 3.63) is 58.6 Å². The molecule has 1 atom stereocenters. The Labute approximate surface area is 191 Å². The molecule has 0 aliphatic carbocycles. The number of fused-ring (bicyclic) bond motifs is 1. The van der Waals surface area contributed by atoms with E-state index in [2.05, 4.69) is 0 Å². The van der Waals surface area contributed by atoms with Crippen molar-refractivity contribution < 1.29 is 32.4 Å². The predicted octanol–water partition coefficient (Wildman–Crippen LogP) is 5.11. The summed E-state index contributed by atoms with van der Waals surface area (Å²) in [6.07, 6.45) is 2.67. The first-order valence-electron chi connectivity index (χ1n) is 10.6. The van der Waals surface area contributed by atoms with Gasteiger partial charge in [-0.05, 0) is 42.7 Å². The number of pyridine rings is 1. The number of phosphoric ester groups is 1. The van der Waals surface area contributed by atoms with Crippen LogP contribution in [0.4, 0.5) is 4.39 Å². The molecule has 1 unspecified atom stereocenters. The van der Waals surface area contributed by atoms with Crippen LogP contribution < -0.4 is 14.9 Å². The molecule has 1 aromatic heterocycles. The highest BCUT2D eigenvalue weighted by Crippen LogP contribution is 2.44. The minimum absolute atomic E-state index is 0.0370. The summed E-state index contributed by atoms with van der Waals surface area (Å²) in [6, 6.07) is 9.28. The maximum absolute atomic E-state index is 14.9. The first-order chi connectivity index (χ1) is 15.8. The zero-order valence-electron chi connectivity index (χ0n) is 18.7. The number of hydrogen-bond acceptors (Lipinski definition) is 6. The molecule has 0 saturated heterocycles. The number of halogens is 1. The van der Waals surface area contributed by atoms with Gasteiger partial charge < -0.3 is 18.9 Å². The Balaban J connectivity index is 2.19. The minimum atomic E-state index is -4.36. The van der Waals surface area contributed by atoms with Crippen molar-refractivity contribution in [3.8, 4) is 22.6 Å². The summed E-state index contributed by atoms with van der Waals surface area (Å²) in [7, 11) is -2.84. The largest absolute Gasteiger partial charge is 0.497 e. The topological polar surface area (TPSA) is 96.2 Å². The van der Waals surface area contributed by atoms with Crippen molar-refractivity contribution in [1.29, 1.82) is 0 Å². The molecule has 3 aromatic rings. The highest BCUT2D eigenvalue weighted by atomic mass is 31.2. The zero-order valence-corrected chi connectivity index (χ0v) is 19.6. The lowest BCUT2D eigenvalue weighted by Gasteiger charge is -2.19. The smallest absolute Gasteiger partial charge is 0.473 e. The monoisotopic (exact) mass is 479 g/mol. The number of rotatable bonds is 11. The Morgan fingerprint density at radius 1 is 1.03 bits per heavy atom. The van der Waals surface area contributed by atoms with E-state index >= 15 is 0 Å². The molecular formula is C23H27FNO7P. The Morgan fingerprint density at radius 3 is 2.36 bits per heavy atom. The van der Waals surface area contributed by atoms with Crippen LogP contribution in [0.25, 0.3) is 22.0 Å². The number of ether oxygens (including phenoxy) is 2. The van der Waals surface area contributed by atoms with Gasteiger partial charge in [-0.15, -0.1) is 0 Å². The van der Waals surface area contributed by atoms with Gasteiger partial charge in [0.1, 0.15) is 24.0 Å². The van der Waals surface area contributed by atoms with E-state index in [4.69, 9.17) is 18.5 Å². The van der Waals surface area contributed by atoms with Crippen molar-refractivity contribution in [1.82, 2.24) is 4.57 Å². The van der Waals surface area contributed by atoms with E-state index in [0.29, 0.717) is 30.8 Å². The van der Waals surface area contributed by atoms with Gasteiger partial charge >= 0.3 is 7.82 Å². The molecule has 0 radical (unpaired) electrons. The summed E-state index contributed by atoms with van der Waals surface area (Å²) >= 11 is 0. The van der Waals surface area contributed by atoms with Crippen LogP contribution in [0, 0.1) is 5.82 Å². The molecule has 1 N–H and O–H groups in total. The highest BCUT2D eigenvalue weighted by Gasteiger charge is 2.23. The number of methoxy groups -OCH3 is 1. The van der Waals surface area contributed by atoms with Crippen LogP contribution in [0.5, 0.6) is 11.5 Å². The van der Waals surface area contributed by atoms with Crippen molar-refractivity contribution in [2.75, 3.05) is 20.3 Å². The van der Waals surface area contributed by atoms with Crippen molar-refractivity contribution >= 4 is 18.7 Å². The van der Waals surface area contributed by atoms with Crippen LogP contribution in [0.1, 0.15) is 26.7 Å². The molecule has 8 nitrogen and oxygen atoms in total. The molecule has 1 heterocycles. The molecule has 0 spiro atoms. The maximum Gasteiger partial charge on any atom is 0.473 e. The van der Waals surface area contributed by atoms with E-state index in [1.807, 2.05) is 6.92 Å². The van der Waals surface area contributed by atoms with Gasteiger partial charge in [0.05, 0.1) is 31.2 Å². The van der Waals surface area contributed by atoms with Crippen molar-refractivity contribution in [2.24, 2.45) is 0 Å². The second-order valence-corrected chi connectivity index (χ2v) is 8.70. The molecule has 3 rings (SSSR count). The third kappa shape index (κ3) is 5.81. The van der Waals surface area contributed by atoms with Crippen LogP contribution in [0.3, 0.4) is 0 Å². The van der Waals surface area contributed by atoms with Gasteiger partial charge in [-0.3, -0.25) is 13.8 Å². The summed E-state index contributed by atoms with van der Waals surface area (Å²) in [5.74, 6) is 0.119. The average Bonchev–Trinajstić information content (AvgIpc) is 2.82. The lowest BCUT2D eigenvalue weighted by molar-refractivity contribution is 0.120. The summed E-state index contributed by atoms with van der Waals surface area (Å²) in [5.41, 5.74) is 0.286. The van der Waals surface area contributed by atoms with Crippen molar-refractivity contribution in [2.45, 2.75) is 33.4 Å². The van der Waals surface area contributed by atoms with Crippen LogP contribution in [0.2, 0.25) is 0 Å². The second kappa shape index (κ2) is 10.9. The van der Waals surface area contributed by atoms with Gasteiger partial charge in [-0.2, -0.15) is 0 Å². The fourth-order valence-corrected chi connectivity index (χ4v) is 4.01. The summed E-state index contributed by atoms with van der Waals surface area (Å²) in [5, 5.41) is -0.206. The molecule has 0 fully saturated rings. The van der Waals surface area contributed by atoms with Crippen LogP contribution >= 0.6 is 7.82 Å². The van der Waals surface area contributed by atoms with Gasteiger partial charge in [-0.1, -0.05) is 26.0 Å².